The van der Waals surface area contributed by atoms with Crippen molar-refractivity contribution < 1.29 is 24.9 Å². The van der Waals surface area contributed by atoms with Crippen LogP contribution in [0.4, 0.5) is 8.78 Å². The van der Waals surface area contributed by atoms with Crippen LogP contribution in [0.5, 0.6) is 0 Å². The maximum absolute atomic E-state index is 13.3. The fraction of sp³-hybridized carbons (Fsp3) is 0.467. The van der Waals surface area contributed by atoms with Gasteiger partial charge in [-0.2, -0.15) is 0 Å². The summed E-state index contributed by atoms with van der Waals surface area (Å²) in [4.78, 5) is 21.9. The average Bonchev–Trinajstić information content (AvgIpc) is 2.41. The molecule has 0 atom stereocenters. The van der Waals surface area contributed by atoms with E-state index in [1.807, 2.05) is 0 Å². The predicted molar refractivity (Wildman–Crippen MR) is 76.1 cm³/mol. The Labute approximate surface area is 123 Å². The van der Waals surface area contributed by atoms with E-state index in [-0.39, 0.29) is 7.85 Å². The lowest BCUT2D eigenvalue weighted by molar-refractivity contribution is -0.137. The molecule has 0 spiro atoms. The predicted octanol–water partition coefficient (Wildman–Crippen LogP) is 3.37. The van der Waals surface area contributed by atoms with Crippen molar-refractivity contribution in [2.75, 3.05) is 6.54 Å². The summed E-state index contributed by atoms with van der Waals surface area (Å²) in [5.41, 5.74) is -0.557. The summed E-state index contributed by atoms with van der Waals surface area (Å²) < 4.78 is 26.7. The molecule has 0 aliphatic heterocycles. The first kappa shape index (κ1) is 17.1. The molecule has 0 radical (unpaired) electrons. The maximum Gasteiger partial charge on any atom is 0.303 e. The van der Waals surface area contributed by atoms with E-state index in [1.54, 1.807) is 0 Å². The minimum Gasteiger partial charge on any atom is -0.481 e. The van der Waals surface area contributed by atoms with Crippen molar-refractivity contribution in [3.8, 4) is 0 Å². The fourth-order valence-corrected chi connectivity index (χ4v) is 1.94. The molecule has 2 N–H and O–H groups in total. The Balaban J connectivity index is 0.00000441. The summed E-state index contributed by atoms with van der Waals surface area (Å²) in [5.74, 6) is -3.30. The third-order valence-electron chi connectivity index (χ3n) is 3.04. The van der Waals surface area contributed by atoms with Gasteiger partial charge in [-0.25, -0.2) is 8.78 Å². The van der Waals surface area contributed by atoms with Gasteiger partial charge in [-0.3, -0.25) is 9.59 Å². The number of unbranched alkanes of at least 4 members (excludes halogenated alkanes) is 4. The Morgan fingerprint density at radius 3 is 2.24 bits per heavy atom. The molecule has 1 rings (SSSR count). The number of rotatable bonds is 9. The zero-order valence-corrected chi connectivity index (χ0v) is 11.7. The van der Waals surface area contributed by atoms with Gasteiger partial charge in [0.15, 0.2) is 0 Å². The molecule has 0 aromatic heterocycles. The van der Waals surface area contributed by atoms with Crippen LogP contribution in [-0.2, 0) is 4.79 Å². The van der Waals surface area contributed by atoms with Crippen LogP contribution in [-0.4, -0.2) is 23.5 Å². The number of carboxylic acids is 1. The standard InChI is InChI=1S/C15H19F2NO3.H2/c16-11-7-6-8-12(17)14(11)15(21)18-10-5-3-1-2-4-9-13(19)20;/h6-8H,1-5,9-10H2,(H,18,21)(H,19,20);1H. The minimum atomic E-state index is -0.874. The highest BCUT2D eigenvalue weighted by atomic mass is 19.1. The summed E-state index contributed by atoms with van der Waals surface area (Å²) in [6, 6.07) is 3.29. The van der Waals surface area contributed by atoms with E-state index in [0.29, 0.717) is 19.4 Å². The Morgan fingerprint density at radius 1 is 1.05 bits per heavy atom. The second kappa shape index (κ2) is 9.05. The van der Waals surface area contributed by atoms with Gasteiger partial charge in [0.05, 0.1) is 0 Å². The van der Waals surface area contributed by atoms with Crippen LogP contribution < -0.4 is 5.32 Å². The monoisotopic (exact) mass is 301 g/mol. The van der Waals surface area contributed by atoms with Crippen LogP contribution in [0.3, 0.4) is 0 Å². The van der Waals surface area contributed by atoms with E-state index in [0.717, 1.165) is 31.4 Å². The molecule has 0 fully saturated rings. The summed E-state index contributed by atoms with van der Waals surface area (Å²) in [7, 11) is 0. The van der Waals surface area contributed by atoms with Crippen molar-refractivity contribution in [1.82, 2.24) is 5.32 Å². The largest absolute Gasteiger partial charge is 0.481 e. The lowest BCUT2D eigenvalue weighted by atomic mass is 10.1. The molecule has 21 heavy (non-hydrogen) atoms. The number of aliphatic carboxylic acids is 1. The van der Waals surface area contributed by atoms with Gasteiger partial charge in [0, 0.05) is 14.4 Å². The first-order valence-corrected chi connectivity index (χ1v) is 6.96. The van der Waals surface area contributed by atoms with Crippen molar-refractivity contribution in [3.05, 3.63) is 35.4 Å². The molecule has 0 saturated heterocycles. The molecule has 1 amide bonds. The van der Waals surface area contributed by atoms with Crippen LogP contribution in [0, 0.1) is 11.6 Å². The van der Waals surface area contributed by atoms with Gasteiger partial charge in [-0.05, 0) is 25.0 Å². The first-order valence-electron chi connectivity index (χ1n) is 6.96. The molecule has 0 aliphatic carbocycles. The highest BCUT2D eigenvalue weighted by Crippen LogP contribution is 2.11. The van der Waals surface area contributed by atoms with Crippen LogP contribution in [0.15, 0.2) is 18.2 Å². The SMILES string of the molecule is O=C(O)CCCCCCCNC(=O)c1c(F)cccc1F.[HH]. The summed E-state index contributed by atoms with van der Waals surface area (Å²) in [6.07, 6.45) is 4.03. The summed E-state index contributed by atoms with van der Waals surface area (Å²) in [6.45, 7) is 0.339. The Hall–Kier alpha value is -1.98. The van der Waals surface area contributed by atoms with E-state index >= 15 is 0 Å². The van der Waals surface area contributed by atoms with Gasteiger partial charge in [0.1, 0.15) is 17.2 Å². The average molecular weight is 301 g/mol. The number of hydrogen-bond acceptors (Lipinski definition) is 2. The van der Waals surface area contributed by atoms with Crippen LogP contribution in [0.2, 0.25) is 0 Å². The normalized spacial score (nSPS) is 10.4. The number of carboxylic acid groups (broad SMARTS) is 1. The van der Waals surface area contributed by atoms with Gasteiger partial charge >= 0.3 is 5.97 Å². The molecule has 0 saturated carbocycles. The number of amides is 1. The number of nitrogens with one attached hydrogen (secondary N) is 1. The van der Waals surface area contributed by atoms with Crippen molar-refractivity contribution >= 4 is 11.9 Å². The summed E-state index contributed by atoms with van der Waals surface area (Å²) in [5, 5.41) is 10.9. The molecule has 1 aromatic rings. The smallest absolute Gasteiger partial charge is 0.303 e. The summed E-state index contributed by atoms with van der Waals surface area (Å²) >= 11 is 0. The molecule has 0 unspecified atom stereocenters. The van der Waals surface area contributed by atoms with Crippen LogP contribution in [0.25, 0.3) is 0 Å². The zero-order valence-electron chi connectivity index (χ0n) is 11.7. The molecule has 0 aliphatic rings. The van der Waals surface area contributed by atoms with Gasteiger partial charge in [-0.15, -0.1) is 0 Å². The maximum atomic E-state index is 13.3. The quantitative estimate of drug-likeness (QED) is 0.687. The van der Waals surface area contributed by atoms with Crippen molar-refractivity contribution in [2.24, 2.45) is 0 Å². The number of hydrogen-bond donors (Lipinski definition) is 2. The molecule has 4 nitrogen and oxygen atoms in total. The Morgan fingerprint density at radius 2 is 1.62 bits per heavy atom. The molecule has 1 aromatic carbocycles. The highest BCUT2D eigenvalue weighted by molar-refractivity contribution is 5.94. The second-order valence-corrected chi connectivity index (χ2v) is 4.76. The van der Waals surface area contributed by atoms with E-state index < -0.39 is 29.1 Å². The van der Waals surface area contributed by atoms with Gasteiger partial charge < -0.3 is 10.4 Å². The third kappa shape index (κ3) is 6.33. The Bertz CT molecular complexity index is 477. The first-order chi connectivity index (χ1) is 10.0. The molecular weight excluding hydrogens is 280 g/mol. The molecule has 118 valence electrons. The van der Waals surface area contributed by atoms with Crippen LogP contribution >= 0.6 is 0 Å². The second-order valence-electron chi connectivity index (χ2n) is 4.76. The highest BCUT2D eigenvalue weighted by Gasteiger charge is 2.15. The lowest BCUT2D eigenvalue weighted by Crippen LogP contribution is -2.26. The number of benzene rings is 1. The molecular formula is C15H21F2NO3. The van der Waals surface area contributed by atoms with Crippen molar-refractivity contribution in [3.63, 3.8) is 0 Å². The van der Waals surface area contributed by atoms with Gasteiger partial charge in [0.25, 0.3) is 5.91 Å². The zero-order chi connectivity index (χ0) is 15.7. The number of halogens is 2. The van der Waals surface area contributed by atoms with Crippen molar-refractivity contribution in [1.29, 1.82) is 0 Å². The number of carbonyl (C=O) groups excluding carboxylic acids is 1. The Kier molecular flexibility index (Phi) is 7.36. The molecule has 0 bridgehead atoms. The van der Waals surface area contributed by atoms with E-state index in [9.17, 15) is 18.4 Å². The van der Waals surface area contributed by atoms with Crippen molar-refractivity contribution in [2.45, 2.75) is 38.5 Å². The van der Waals surface area contributed by atoms with E-state index in [4.69, 9.17) is 5.11 Å². The van der Waals surface area contributed by atoms with Gasteiger partial charge in [-0.1, -0.05) is 25.3 Å². The van der Waals surface area contributed by atoms with E-state index in [2.05, 4.69) is 5.32 Å². The fourth-order valence-electron chi connectivity index (χ4n) is 1.94. The molecule has 6 heteroatoms. The molecule has 0 heterocycles. The lowest BCUT2D eigenvalue weighted by Gasteiger charge is -2.07. The number of carbonyl (C=O) groups is 2. The van der Waals surface area contributed by atoms with E-state index in [1.165, 1.54) is 6.07 Å². The third-order valence-corrected chi connectivity index (χ3v) is 3.04. The van der Waals surface area contributed by atoms with Gasteiger partial charge in [0.2, 0.25) is 0 Å². The topological polar surface area (TPSA) is 66.4 Å². The minimum absolute atomic E-state index is 0. The van der Waals surface area contributed by atoms with Crippen LogP contribution in [0.1, 0.15) is 50.3 Å².